The van der Waals surface area contributed by atoms with Gasteiger partial charge in [0.05, 0.1) is 17.8 Å². The summed E-state index contributed by atoms with van der Waals surface area (Å²) in [6.07, 6.45) is 0. The van der Waals surface area contributed by atoms with Crippen LogP contribution in [0.4, 0.5) is 5.69 Å². The number of thiazole rings is 1. The molecule has 0 atom stereocenters. The summed E-state index contributed by atoms with van der Waals surface area (Å²) in [4.78, 5) is 4.56. The van der Waals surface area contributed by atoms with Crippen LogP contribution in [-0.4, -0.2) is 20.5 Å². The van der Waals surface area contributed by atoms with Gasteiger partial charge in [-0.05, 0) is 56.2 Å². The Morgan fingerprint density at radius 3 is 2.27 bits per heavy atom. The van der Waals surface area contributed by atoms with E-state index in [0.717, 1.165) is 27.4 Å². The van der Waals surface area contributed by atoms with Gasteiger partial charge in [0.2, 0.25) is 0 Å². The number of rotatable bonds is 5. The van der Waals surface area contributed by atoms with Crippen molar-refractivity contribution in [2.45, 2.75) is 25.7 Å². The van der Waals surface area contributed by atoms with Crippen LogP contribution in [0.1, 0.15) is 16.1 Å². The number of nitrogens with zero attached hydrogens (tertiary/aromatic N) is 1. The first-order valence-corrected chi connectivity index (χ1v) is 10.4. The maximum atomic E-state index is 12.8. The number of methoxy groups -OCH3 is 1. The lowest BCUT2D eigenvalue weighted by Crippen LogP contribution is -2.14. The SMILES string of the molecule is COc1cc(C)c(C)cc1S(=O)(=O)Nc1ccc(-c2csc(C)n2)cc1. The molecule has 0 bridgehead atoms. The Balaban J connectivity index is 1.89. The number of benzene rings is 2. The minimum atomic E-state index is -3.76. The van der Waals surface area contributed by atoms with Crippen LogP contribution in [0.2, 0.25) is 0 Å². The number of aryl methyl sites for hydroxylation is 3. The van der Waals surface area contributed by atoms with Gasteiger partial charge in [0, 0.05) is 16.6 Å². The predicted octanol–water partition coefficient (Wildman–Crippen LogP) is 4.54. The summed E-state index contributed by atoms with van der Waals surface area (Å²) in [7, 11) is -2.29. The molecule has 0 spiro atoms. The molecular formula is C19H20N2O3S2. The predicted molar refractivity (Wildman–Crippen MR) is 106 cm³/mol. The van der Waals surface area contributed by atoms with Gasteiger partial charge in [0.25, 0.3) is 10.0 Å². The molecule has 1 aromatic heterocycles. The van der Waals surface area contributed by atoms with Crippen LogP contribution < -0.4 is 9.46 Å². The van der Waals surface area contributed by atoms with Gasteiger partial charge in [-0.25, -0.2) is 13.4 Å². The first kappa shape index (κ1) is 18.4. The maximum Gasteiger partial charge on any atom is 0.265 e. The van der Waals surface area contributed by atoms with Gasteiger partial charge in [0.15, 0.2) is 0 Å². The van der Waals surface area contributed by atoms with Gasteiger partial charge in [-0.15, -0.1) is 11.3 Å². The minimum Gasteiger partial charge on any atom is -0.495 e. The molecule has 0 unspecified atom stereocenters. The van der Waals surface area contributed by atoms with E-state index < -0.39 is 10.0 Å². The average Bonchev–Trinajstić information content (AvgIpc) is 3.03. The Kier molecular flexibility index (Phi) is 5.02. The second-order valence-corrected chi connectivity index (χ2v) is 8.73. The number of anilines is 1. The number of nitrogens with one attached hydrogen (secondary N) is 1. The van der Waals surface area contributed by atoms with Crippen LogP contribution in [0.3, 0.4) is 0 Å². The number of aromatic nitrogens is 1. The van der Waals surface area contributed by atoms with E-state index in [2.05, 4.69) is 9.71 Å². The largest absolute Gasteiger partial charge is 0.495 e. The first-order chi connectivity index (χ1) is 12.3. The van der Waals surface area contributed by atoms with E-state index in [-0.39, 0.29) is 4.90 Å². The van der Waals surface area contributed by atoms with Crippen molar-refractivity contribution in [2.75, 3.05) is 11.8 Å². The third kappa shape index (κ3) is 3.73. The highest BCUT2D eigenvalue weighted by Gasteiger charge is 2.21. The Morgan fingerprint density at radius 2 is 1.69 bits per heavy atom. The summed E-state index contributed by atoms with van der Waals surface area (Å²) < 4.78 is 33.5. The standard InChI is InChI=1S/C19H20N2O3S2/c1-12-9-18(24-4)19(10-13(12)2)26(22,23)21-16-7-5-15(6-8-16)17-11-25-14(3)20-17/h5-11,21H,1-4H3. The molecule has 0 saturated carbocycles. The molecule has 2 aromatic carbocycles. The zero-order chi connectivity index (χ0) is 18.9. The number of ether oxygens (including phenoxy) is 1. The van der Waals surface area contributed by atoms with E-state index in [1.807, 2.05) is 38.3 Å². The average molecular weight is 389 g/mol. The van der Waals surface area contributed by atoms with E-state index in [1.54, 1.807) is 35.6 Å². The fraction of sp³-hybridized carbons (Fsp3) is 0.211. The Bertz CT molecular complexity index is 1040. The lowest BCUT2D eigenvalue weighted by Gasteiger charge is -2.14. The highest BCUT2D eigenvalue weighted by Crippen LogP contribution is 2.29. The van der Waals surface area contributed by atoms with Gasteiger partial charge in [-0.1, -0.05) is 12.1 Å². The maximum absolute atomic E-state index is 12.8. The van der Waals surface area contributed by atoms with Crippen molar-refractivity contribution in [1.82, 2.24) is 4.98 Å². The van der Waals surface area contributed by atoms with Gasteiger partial charge in [-0.2, -0.15) is 0 Å². The molecule has 26 heavy (non-hydrogen) atoms. The quantitative estimate of drug-likeness (QED) is 0.696. The lowest BCUT2D eigenvalue weighted by molar-refractivity contribution is 0.402. The Hall–Kier alpha value is -2.38. The Morgan fingerprint density at radius 1 is 1.04 bits per heavy atom. The minimum absolute atomic E-state index is 0.127. The number of sulfonamides is 1. The fourth-order valence-corrected chi connectivity index (χ4v) is 4.47. The molecule has 1 heterocycles. The topological polar surface area (TPSA) is 68.3 Å². The molecule has 1 N–H and O–H groups in total. The van der Waals surface area contributed by atoms with Gasteiger partial charge in [-0.3, -0.25) is 4.72 Å². The normalized spacial score (nSPS) is 11.4. The van der Waals surface area contributed by atoms with Crippen molar-refractivity contribution < 1.29 is 13.2 Å². The summed E-state index contributed by atoms with van der Waals surface area (Å²) in [5.41, 5.74) is 4.18. The second kappa shape index (κ2) is 7.09. The van der Waals surface area contributed by atoms with E-state index >= 15 is 0 Å². The van der Waals surface area contributed by atoms with E-state index in [0.29, 0.717) is 11.4 Å². The zero-order valence-corrected chi connectivity index (χ0v) is 16.7. The van der Waals surface area contributed by atoms with Gasteiger partial charge < -0.3 is 4.74 Å². The molecule has 0 saturated heterocycles. The van der Waals surface area contributed by atoms with Crippen molar-refractivity contribution in [3.05, 3.63) is 57.9 Å². The van der Waals surface area contributed by atoms with Crippen molar-refractivity contribution >= 4 is 27.0 Å². The third-order valence-corrected chi connectivity index (χ3v) is 6.30. The van der Waals surface area contributed by atoms with Crippen molar-refractivity contribution in [3.63, 3.8) is 0 Å². The second-order valence-electron chi connectivity index (χ2n) is 6.02. The molecule has 0 amide bonds. The highest BCUT2D eigenvalue weighted by atomic mass is 32.2. The third-order valence-electron chi connectivity index (χ3n) is 4.12. The van der Waals surface area contributed by atoms with Crippen LogP contribution in [-0.2, 0) is 10.0 Å². The summed E-state index contributed by atoms with van der Waals surface area (Å²) >= 11 is 1.58. The summed E-state index contributed by atoms with van der Waals surface area (Å²) in [6.45, 7) is 5.74. The van der Waals surface area contributed by atoms with E-state index in [1.165, 1.54) is 7.11 Å². The molecule has 5 nitrogen and oxygen atoms in total. The first-order valence-electron chi connectivity index (χ1n) is 8.01. The molecule has 3 aromatic rings. The van der Waals surface area contributed by atoms with Crippen LogP contribution in [0.5, 0.6) is 5.75 Å². The van der Waals surface area contributed by atoms with E-state index in [4.69, 9.17) is 4.74 Å². The monoisotopic (exact) mass is 388 g/mol. The van der Waals surface area contributed by atoms with Crippen molar-refractivity contribution in [1.29, 1.82) is 0 Å². The molecule has 7 heteroatoms. The van der Waals surface area contributed by atoms with Crippen LogP contribution in [0.25, 0.3) is 11.3 Å². The molecule has 3 rings (SSSR count). The smallest absolute Gasteiger partial charge is 0.265 e. The van der Waals surface area contributed by atoms with E-state index in [9.17, 15) is 8.42 Å². The fourth-order valence-electron chi connectivity index (χ4n) is 2.55. The van der Waals surface area contributed by atoms with Crippen LogP contribution in [0, 0.1) is 20.8 Å². The molecule has 0 aliphatic heterocycles. The molecule has 0 fully saturated rings. The van der Waals surface area contributed by atoms with Gasteiger partial charge in [0.1, 0.15) is 10.6 Å². The van der Waals surface area contributed by atoms with Crippen molar-refractivity contribution in [3.8, 4) is 17.0 Å². The number of hydrogen-bond donors (Lipinski definition) is 1. The molecular weight excluding hydrogens is 368 g/mol. The lowest BCUT2D eigenvalue weighted by atomic mass is 10.1. The summed E-state index contributed by atoms with van der Waals surface area (Å²) in [6, 6.07) is 10.5. The summed E-state index contributed by atoms with van der Waals surface area (Å²) in [5.74, 6) is 0.329. The zero-order valence-electron chi connectivity index (χ0n) is 15.0. The molecule has 0 radical (unpaired) electrons. The van der Waals surface area contributed by atoms with Crippen molar-refractivity contribution in [2.24, 2.45) is 0 Å². The van der Waals surface area contributed by atoms with Gasteiger partial charge >= 0.3 is 0 Å². The van der Waals surface area contributed by atoms with Crippen LogP contribution >= 0.6 is 11.3 Å². The number of hydrogen-bond acceptors (Lipinski definition) is 5. The molecule has 136 valence electrons. The molecule has 0 aliphatic carbocycles. The molecule has 0 aliphatic rings. The van der Waals surface area contributed by atoms with Crippen LogP contribution in [0.15, 0.2) is 46.7 Å². The summed E-state index contributed by atoms with van der Waals surface area (Å²) in [5, 5.41) is 2.97. The highest BCUT2D eigenvalue weighted by molar-refractivity contribution is 7.92. The Labute approximate surface area is 157 Å².